The van der Waals surface area contributed by atoms with Crippen molar-refractivity contribution in [1.29, 1.82) is 0 Å². The number of hydrogen-bond acceptors (Lipinski definition) is 3. The summed E-state index contributed by atoms with van der Waals surface area (Å²) in [4.78, 5) is 24.3. The third-order valence-electron chi connectivity index (χ3n) is 5.30. The molecule has 1 aromatic heterocycles. The van der Waals surface area contributed by atoms with Crippen LogP contribution in [0, 0.1) is 19.8 Å². The molecule has 0 radical (unpaired) electrons. The summed E-state index contributed by atoms with van der Waals surface area (Å²) in [6, 6.07) is 9.64. The fourth-order valence-corrected chi connectivity index (χ4v) is 3.74. The molecule has 2 unspecified atom stereocenters. The minimum atomic E-state index is -0.853. The van der Waals surface area contributed by atoms with Gasteiger partial charge in [0.2, 0.25) is 0 Å². The van der Waals surface area contributed by atoms with E-state index in [1.807, 2.05) is 45.0 Å². The molecule has 6 heteroatoms. The fraction of sp³-hybridized carbons (Fsp3) is 0.450. The lowest BCUT2D eigenvalue weighted by molar-refractivity contribution is -0.145. The van der Waals surface area contributed by atoms with Crippen LogP contribution in [0.3, 0.4) is 0 Å². The van der Waals surface area contributed by atoms with Crippen LogP contribution in [0.25, 0.3) is 5.69 Å². The molecule has 0 spiro atoms. The number of nitrogens with zero attached hydrogens (tertiary/aromatic N) is 2. The first kappa shape index (κ1) is 18.2. The quantitative estimate of drug-likeness (QED) is 0.882. The molecule has 3 rings (SSSR count). The van der Waals surface area contributed by atoms with Gasteiger partial charge in [-0.05, 0) is 51.8 Å². The van der Waals surface area contributed by atoms with Crippen molar-refractivity contribution in [2.24, 2.45) is 5.92 Å². The Morgan fingerprint density at radius 1 is 1.23 bits per heavy atom. The summed E-state index contributed by atoms with van der Waals surface area (Å²) in [5.41, 5.74) is 2.45. The van der Waals surface area contributed by atoms with Crippen LogP contribution in [-0.4, -0.2) is 32.3 Å². The molecule has 1 aromatic carbocycles. The van der Waals surface area contributed by atoms with Gasteiger partial charge in [0.1, 0.15) is 0 Å². The second kappa shape index (κ2) is 6.94. The molecule has 1 aliphatic rings. The van der Waals surface area contributed by atoms with E-state index < -0.39 is 17.4 Å². The monoisotopic (exact) mass is 355 g/mol. The highest BCUT2D eigenvalue weighted by Gasteiger charge is 2.42. The molecule has 6 nitrogen and oxygen atoms in total. The van der Waals surface area contributed by atoms with Gasteiger partial charge in [0, 0.05) is 5.69 Å². The number of nitrogens with one attached hydrogen (secondary N) is 1. The molecule has 138 valence electrons. The van der Waals surface area contributed by atoms with E-state index in [1.54, 1.807) is 10.7 Å². The number of carbonyl (C=O) groups excluding carboxylic acids is 1. The number of carboxylic acids is 1. The molecule has 0 saturated heterocycles. The van der Waals surface area contributed by atoms with Crippen molar-refractivity contribution in [1.82, 2.24) is 15.1 Å². The van der Waals surface area contributed by atoms with Crippen LogP contribution in [-0.2, 0) is 4.79 Å². The molecule has 26 heavy (non-hydrogen) atoms. The Morgan fingerprint density at radius 3 is 2.58 bits per heavy atom. The van der Waals surface area contributed by atoms with Crippen molar-refractivity contribution in [3.8, 4) is 5.69 Å². The lowest BCUT2D eigenvalue weighted by Crippen LogP contribution is -2.55. The Hall–Kier alpha value is -2.63. The maximum absolute atomic E-state index is 12.8. The Labute approximate surface area is 153 Å². The predicted octanol–water partition coefficient (Wildman–Crippen LogP) is 3.25. The van der Waals surface area contributed by atoms with Crippen LogP contribution in [0.1, 0.15) is 54.4 Å². The van der Waals surface area contributed by atoms with E-state index in [4.69, 9.17) is 0 Å². The van der Waals surface area contributed by atoms with E-state index in [2.05, 4.69) is 10.4 Å². The fourth-order valence-electron chi connectivity index (χ4n) is 3.74. The Bertz CT molecular complexity index is 825. The van der Waals surface area contributed by atoms with Gasteiger partial charge in [0.05, 0.1) is 17.1 Å². The zero-order valence-corrected chi connectivity index (χ0v) is 15.5. The van der Waals surface area contributed by atoms with Gasteiger partial charge in [-0.2, -0.15) is 5.10 Å². The highest BCUT2D eigenvalue weighted by atomic mass is 16.4. The molecular formula is C20H25N3O3. The summed E-state index contributed by atoms with van der Waals surface area (Å²) in [7, 11) is 0. The van der Waals surface area contributed by atoms with Gasteiger partial charge in [-0.15, -0.1) is 0 Å². The molecule has 1 amide bonds. The summed E-state index contributed by atoms with van der Waals surface area (Å²) >= 11 is 0. The number of benzene rings is 1. The first-order valence-electron chi connectivity index (χ1n) is 8.99. The molecule has 1 aliphatic carbocycles. The van der Waals surface area contributed by atoms with Crippen molar-refractivity contribution in [3.05, 3.63) is 47.3 Å². The molecule has 2 aromatic rings. The summed E-state index contributed by atoms with van der Waals surface area (Å²) in [5, 5.41) is 16.9. The van der Waals surface area contributed by atoms with Gasteiger partial charge in [0.25, 0.3) is 5.91 Å². The van der Waals surface area contributed by atoms with Crippen molar-refractivity contribution in [3.63, 3.8) is 0 Å². The van der Waals surface area contributed by atoms with Crippen molar-refractivity contribution >= 4 is 11.9 Å². The molecule has 0 bridgehead atoms. The number of aliphatic carboxylic acids is 1. The maximum Gasteiger partial charge on any atom is 0.308 e. The number of carbonyl (C=O) groups is 2. The third kappa shape index (κ3) is 3.49. The van der Waals surface area contributed by atoms with Gasteiger partial charge in [-0.25, -0.2) is 4.68 Å². The Balaban J connectivity index is 1.83. The van der Waals surface area contributed by atoms with Crippen LogP contribution in [0.15, 0.2) is 30.3 Å². The second-order valence-electron chi connectivity index (χ2n) is 7.43. The van der Waals surface area contributed by atoms with E-state index in [1.165, 1.54) is 0 Å². The molecule has 1 saturated carbocycles. The predicted molar refractivity (Wildman–Crippen MR) is 98.5 cm³/mol. The zero-order valence-electron chi connectivity index (χ0n) is 15.5. The minimum Gasteiger partial charge on any atom is -0.481 e. The maximum atomic E-state index is 12.8. The standard InChI is InChI=1S/C20H25N3O3/c1-13-7-9-15(10-8-13)23-14(2)12-17(22-23)18(24)21-20(3)11-5-4-6-16(20)19(25)26/h7-10,12,16H,4-6,11H2,1-3H3,(H,21,24)(H,25,26). The molecule has 1 fully saturated rings. The van der Waals surface area contributed by atoms with E-state index in [-0.39, 0.29) is 5.91 Å². The number of rotatable bonds is 4. The minimum absolute atomic E-state index is 0.305. The van der Waals surface area contributed by atoms with E-state index in [0.717, 1.165) is 29.8 Å². The number of amides is 1. The van der Waals surface area contributed by atoms with Crippen LogP contribution >= 0.6 is 0 Å². The van der Waals surface area contributed by atoms with Crippen LogP contribution in [0.5, 0.6) is 0 Å². The van der Waals surface area contributed by atoms with E-state index in [9.17, 15) is 14.7 Å². The summed E-state index contributed by atoms with van der Waals surface area (Å²) in [6.07, 6.45) is 3.04. The Kier molecular flexibility index (Phi) is 4.85. The Morgan fingerprint density at radius 2 is 1.92 bits per heavy atom. The molecular weight excluding hydrogens is 330 g/mol. The third-order valence-corrected chi connectivity index (χ3v) is 5.30. The highest BCUT2D eigenvalue weighted by Crippen LogP contribution is 2.34. The van der Waals surface area contributed by atoms with Gasteiger partial charge in [0.15, 0.2) is 5.69 Å². The van der Waals surface area contributed by atoms with E-state index >= 15 is 0 Å². The lowest BCUT2D eigenvalue weighted by Gasteiger charge is -2.39. The molecule has 0 aliphatic heterocycles. The second-order valence-corrected chi connectivity index (χ2v) is 7.43. The molecule has 2 atom stereocenters. The average Bonchev–Trinajstić information content (AvgIpc) is 2.97. The average molecular weight is 355 g/mol. The topological polar surface area (TPSA) is 84.2 Å². The van der Waals surface area contributed by atoms with Crippen LogP contribution in [0.2, 0.25) is 0 Å². The number of aryl methyl sites for hydroxylation is 2. The number of carboxylic acid groups (broad SMARTS) is 1. The normalized spacial score (nSPS) is 22.8. The first-order chi connectivity index (χ1) is 12.3. The smallest absolute Gasteiger partial charge is 0.308 e. The summed E-state index contributed by atoms with van der Waals surface area (Å²) < 4.78 is 1.73. The van der Waals surface area contributed by atoms with E-state index in [0.29, 0.717) is 18.5 Å². The largest absolute Gasteiger partial charge is 0.481 e. The molecule has 2 N–H and O–H groups in total. The number of hydrogen-bond donors (Lipinski definition) is 2. The summed E-state index contributed by atoms with van der Waals surface area (Å²) in [5.74, 6) is -1.75. The zero-order chi connectivity index (χ0) is 18.9. The van der Waals surface area contributed by atoms with Crippen LogP contribution < -0.4 is 5.32 Å². The summed E-state index contributed by atoms with van der Waals surface area (Å²) in [6.45, 7) is 5.74. The highest BCUT2D eigenvalue weighted by molar-refractivity contribution is 5.93. The lowest BCUT2D eigenvalue weighted by atomic mass is 9.74. The van der Waals surface area contributed by atoms with Crippen molar-refractivity contribution < 1.29 is 14.7 Å². The van der Waals surface area contributed by atoms with Gasteiger partial charge < -0.3 is 10.4 Å². The first-order valence-corrected chi connectivity index (χ1v) is 8.99. The van der Waals surface area contributed by atoms with Crippen molar-refractivity contribution in [2.45, 2.75) is 52.0 Å². The van der Waals surface area contributed by atoms with Gasteiger partial charge >= 0.3 is 5.97 Å². The van der Waals surface area contributed by atoms with Crippen molar-refractivity contribution in [2.75, 3.05) is 0 Å². The molecule has 1 heterocycles. The number of aromatic nitrogens is 2. The van der Waals surface area contributed by atoms with Gasteiger partial charge in [-0.3, -0.25) is 9.59 Å². The SMILES string of the molecule is Cc1ccc(-n2nc(C(=O)NC3(C)CCCCC3C(=O)O)cc2C)cc1. The van der Waals surface area contributed by atoms with Gasteiger partial charge in [-0.1, -0.05) is 30.5 Å². The van der Waals surface area contributed by atoms with Crippen LogP contribution in [0.4, 0.5) is 0 Å².